The fraction of sp³-hybridized carbons (Fsp3) is 0.318. The Kier molecular flexibility index (Phi) is 3.47. The molecule has 1 aromatic heterocycles. The van der Waals surface area contributed by atoms with Crippen molar-refractivity contribution in [2.75, 3.05) is 0 Å². The van der Waals surface area contributed by atoms with Crippen LogP contribution in [0.15, 0.2) is 53.8 Å². The van der Waals surface area contributed by atoms with E-state index < -0.39 is 0 Å². The zero-order valence-corrected chi connectivity index (χ0v) is 15.4. The Hall–Kier alpha value is -2.95. The number of hydrogen-bond donors (Lipinski definition) is 0. The topological polar surface area (TPSA) is 54.7 Å². The molecule has 0 radical (unpaired) electrons. The van der Waals surface area contributed by atoms with Crippen LogP contribution in [-0.2, 0) is 9.59 Å². The molecule has 1 saturated carbocycles. The van der Waals surface area contributed by atoms with Gasteiger partial charge in [-0.1, -0.05) is 18.2 Å². The Labute approximate surface area is 158 Å². The van der Waals surface area contributed by atoms with E-state index in [1.165, 1.54) is 11.1 Å². The largest absolute Gasteiger partial charge is 0.316 e. The summed E-state index contributed by atoms with van der Waals surface area (Å²) in [6, 6.07) is 10.1. The lowest BCUT2D eigenvalue weighted by atomic mass is 9.85. The summed E-state index contributed by atoms with van der Waals surface area (Å²) in [5.41, 5.74) is 4.31. The van der Waals surface area contributed by atoms with Gasteiger partial charge in [-0.15, -0.1) is 0 Å². The molecule has 0 N–H and O–H groups in total. The lowest BCUT2D eigenvalue weighted by Crippen LogP contribution is -2.28. The van der Waals surface area contributed by atoms with Crippen LogP contribution in [0, 0.1) is 37.5 Å². The Balaban J connectivity index is 1.43. The monoisotopic (exact) mass is 359 g/mol. The number of amides is 2. The first-order valence-corrected chi connectivity index (χ1v) is 9.39. The van der Waals surface area contributed by atoms with E-state index in [1.807, 2.05) is 22.9 Å². The van der Waals surface area contributed by atoms with E-state index in [2.05, 4.69) is 49.3 Å². The highest BCUT2D eigenvalue weighted by Crippen LogP contribution is 2.52. The van der Waals surface area contributed by atoms with Crippen molar-refractivity contribution in [1.82, 2.24) is 9.58 Å². The number of carbonyl (C=O) groups is 2. The Morgan fingerprint density at radius 2 is 1.70 bits per heavy atom. The number of rotatable bonds is 3. The third kappa shape index (κ3) is 2.34. The molecule has 2 aliphatic carbocycles. The summed E-state index contributed by atoms with van der Waals surface area (Å²) in [6.07, 6.45) is 8.68. The van der Waals surface area contributed by atoms with Crippen LogP contribution in [0.1, 0.15) is 23.2 Å². The Morgan fingerprint density at radius 3 is 2.37 bits per heavy atom. The van der Waals surface area contributed by atoms with Crippen molar-refractivity contribution in [3.63, 3.8) is 0 Å². The minimum absolute atomic E-state index is 0.151. The summed E-state index contributed by atoms with van der Waals surface area (Å²) in [5.74, 6) is -0.316. The van der Waals surface area contributed by atoms with Gasteiger partial charge in [0.2, 0.25) is 0 Å². The number of benzene rings is 1. The van der Waals surface area contributed by atoms with Crippen molar-refractivity contribution in [2.45, 2.75) is 20.3 Å². The average Bonchev–Trinajstić information content (AvgIpc) is 3.41. The highest BCUT2D eigenvalue weighted by molar-refractivity contribution is 6.06. The molecule has 2 bridgehead atoms. The standard InChI is InChI=1S/C22H21N3O2/c1-13-5-8-17(10-14(13)2)24-9-3-4-18(24)12-23-25-21(26)19-15-6-7-16(11-15)20(19)22(25)27/h3-10,12,15-16,19-20H,11H2,1-2H3. The summed E-state index contributed by atoms with van der Waals surface area (Å²) in [6.45, 7) is 4.17. The molecule has 3 aliphatic rings. The summed E-state index contributed by atoms with van der Waals surface area (Å²) < 4.78 is 2.01. The second-order valence-corrected chi connectivity index (χ2v) is 7.80. The number of hydrazone groups is 1. The zero-order valence-electron chi connectivity index (χ0n) is 15.4. The maximum Gasteiger partial charge on any atom is 0.254 e. The van der Waals surface area contributed by atoms with Gasteiger partial charge in [0.15, 0.2) is 0 Å². The first-order valence-electron chi connectivity index (χ1n) is 9.39. The highest BCUT2D eigenvalue weighted by atomic mass is 16.2. The van der Waals surface area contributed by atoms with Gasteiger partial charge in [0, 0.05) is 11.9 Å². The zero-order chi connectivity index (χ0) is 18.7. The van der Waals surface area contributed by atoms with Crippen molar-refractivity contribution < 1.29 is 9.59 Å². The third-order valence-electron chi connectivity index (χ3n) is 6.30. The molecule has 4 unspecified atom stereocenters. The lowest BCUT2D eigenvalue weighted by Gasteiger charge is -2.13. The molecule has 2 aromatic rings. The van der Waals surface area contributed by atoms with Crippen LogP contribution in [0.4, 0.5) is 0 Å². The van der Waals surface area contributed by atoms with E-state index in [-0.39, 0.29) is 35.5 Å². The van der Waals surface area contributed by atoms with E-state index in [0.29, 0.717) is 0 Å². The Morgan fingerprint density at radius 1 is 1.00 bits per heavy atom. The fourth-order valence-corrected chi connectivity index (χ4v) is 4.73. The van der Waals surface area contributed by atoms with Gasteiger partial charge in [-0.2, -0.15) is 10.1 Å². The predicted octanol–water partition coefficient (Wildman–Crippen LogP) is 3.24. The lowest BCUT2D eigenvalue weighted by molar-refractivity contribution is -0.140. The minimum Gasteiger partial charge on any atom is -0.316 e. The minimum atomic E-state index is -0.212. The van der Waals surface area contributed by atoms with Crippen LogP contribution in [0.25, 0.3) is 5.69 Å². The summed E-state index contributed by atoms with van der Waals surface area (Å²) in [4.78, 5) is 25.5. The van der Waals surface area contributed by atoms with Gasteiger partial charge >= 0.3 is 0 Å². The van der Waals surface area contributed by atoms with Gasteiger partial charge in [-0.05, 0) is 67.5 Å². The van der Waals surface area contributed by atoms with Crippen LogP contribution in [0.5, 0.6) is 0 Å². The molecule has 5 heteroatoms. The quantitative estimate of drug-likeness (QED) is 0.480. The molecule has 1 aromatic carbocycles. The number of fused-ring (bicyclic) bond motifs is 5. The number of aromatic nitrogens is 1. The summed E-state index contributed by atoms with van der Waals surface area (Å²) in [7, 11) is 0. The maximum absolute atomic E-state index is 12.7. The van der Waals surface area contributed by atoms with Crippen molar-refractivity contribution in [3.05, 3.63) is 65.5 Å². The first-order chi connectivity index (χ1) is 13.0. The molecule has 5 rings (SSSR count). The number of hydrogen-bond acceptors (Lipinski definition) is 3. The number of allylic oxidation sites excluding steroid dienone is 2. The molecule has 1 saturated heterocycles. The molecule has 4 atom stereocenters. The molecule has 2 heterocycles. The molecular formula is C22H21N3O2. The van der Waals surface area contributed by atoms with Gasteiger partial charge in [0.1, 0.15) is 0 Å². The van der Waals surface area contributed by atoms with Gasteiger partial charge < -0.3 is 4.57 Å². The van der Waals surface area contributed by atoms with Gasteiger partial charge in [-0.3, -0.25) is 9.59 Å². The smallest absolute Gasteiger partial charge is 0.254 e. The van der Waals surface area contributed by atoms with Crippen LogP contribution in [-0.4, -0.2) is 27.6 Å². The third-order valence-corrected chi connectivity index (χ3v) is 6.30. The SMILES string of the molecule is Cc1ccc(-n2cccc2C=NN2C(=O)C3C4C=CC(C4)C3C2=O)cc1C. The van der Waals surface area contributed by atoms with E-state index >= 15 is 0 Å². The molecule has 0 spiro atoms. The number of nitrogens with zero attached hydrogens (tertiary/aromatic N) is 3. The van der Waals surface area contributed by atoms with E-state index in [4.69, 9.17) is 0 Å². The predicted molar refractivity (Wildman–Crippen MR) is 102 cm³/mol. The fourth-order valence-electron chi connectivity index (χ4n) is 4.73. The molecule has 2 amide bonds. The molecule has 27 heavy (non-hydrogen) atoms. The second-order valence-electron chi connectivity index (χ2n) is 7.80. The molecule has 136 valence electrons. The van der Waals surface area contributed by atoms with Crippen LogP contribution in [0.3, 0.4) is 0 Å². The Bertz CT molecular complexity index is 986. The van der Waals surface area contributed by atoms with Gasteiger partial charge in [0.25, 0.3) is 11.8 Å². The first kappa shape index (κ1) is 16.2. The van der Waals surface area contributed by atoms with Crippen LogP contribution < -0.4 is 0 Å². The highest BCUT2D eigenvalue weighted by Gasteiger charge is 2.59. The van der Waals surface area contributed by atoms with Crippen molar-refractivity contribution in [2.24, 2.45) is 28.8 Å². The number of carbonyl (C=O) groups excluding carboxylic acids is 2. The summed E-state index contributed by atoms with van der Waals surface area (Å²) in [5, 5.41) is 5.39. The maximum atomic E-state index is 12.7. The van der Waals surface area contributed by atoms with E-state index in [9.17, 15) is 9.59 Å². The number of aryl methyl sites for hydroxylation is 2. The number of imide groups is 1. The molecule has 2 fully saturated rings. The van der Waals surface area contributed by atoms with Crippen molar-refractivity contribution >= 4 is 18.0 Å². The van der Waals surface area contributed by atoms with Gasteiger partial charge in [0.05, 0.1) is 23.7 Å². The van der Waals surface area contributed by atoms with Crippen LogP contribution in [0.2, 0.25) is 0 Å². The molecule has 1 aliphatic heterocycles. The van der Waals surface area contributed by atoms with Crippen LogP contribution >= 0.6 is 0 Å². The molecule has 5 nitrogen and oxygen atoms in total. The summed E-state index contributed by atoms with van der Waals surface area (Å²) >= 11 is 0. The van der Waals surface area contributed by atoms with E-state index in [0.717, 1.165) is 22.8 Å². The van der Waals surface area contributed by atoms with Gasteiger partial charge in [-0.25, -0.2) is 0 Å². The average molecular weight is 359 g/mol. The molecular weight excluding hydrogens is 338 g/mol. The van der Waals surface area contributed by atoms with Crippen molar-refractivity contribution in [1.29, 1.82) is 0 Å². The van der Waals surface area contributed by atoms with E-state index in [1.54, 1.807) is 6.21 Å². The second kappa shape index (κ2) is 5.78. The normalized spacial score (nSPS) is 28.7. The van der Waals surface area contributed by atoms with Crippen molar-refractivity contribution in [3.8, 4) is 5.69 Å².